The zero-order valence-corrected chi connectivity index (χ0v) is 5.44. The maximum Gasteiger partial charge on any atom is 0.0911 e. The van der Waals surface area contributed by atoms with Crippen molar-refractivity contribution in [2.45, 2.75) is 32.8 Å². The summed E-state index contributed by atoms with van der Waals surface area (Å²) in [5, 5.41) is 16.0. The fraction of sp³-hybridized carbons (Fsp3) is 0.833. The fourth-order valence-electron chi connectivity index (χ4n) is 0.482. The Kier molecular flexibility index (Phi) is 3.44. The van der Waals surface area contributed by atoms with E-state index in [0.29, 0.717) is 18.6 Å². The van der Waals surface area contributed by atoms with Crippen molar-refractivity contribution in [1.82, 2.24) is 0 Å². The smallest absolute Gasteiger partial charge is 0.0911 e. The third-order valence-corrected chi connectivity index (χ3v) is 1.17. The molecule has 0 aromatic carbocycles. The van der Waals surface area contributed by atoms with Crippen LogP contribution in [0.15, 0.2) is 0 Å². The molecule has 2 heteroatoms. The normalized spacial score (nSPS) is 13.4. The van der Waals surface area contributed by atoms with E-state index in [1.807, 2.05) is 13.8 Å². The first kappa shape index (κ1) is 7.63. The first-order chi connectivity index (χ1) is 3.72. The van der Waals surface area contributed by atoms with Crippen molar-refractivity contribution in [3.63, 3.8) is 0 Å². The summed E-state index contributed by atoms with van der Waals surface area (Å²) in [7, 11) is 0. The molecular weight excluding hydrogens is 102 g/mol. The SMILES string of the molecule is CCC(=N)C(O)CC. The van der Waals surface area contributed by atoms with Gasteiger partial charge in [0.2, 0.25) is 0 Å². The lowest BCUT2D eigenvalue weighted by Gasteiger charge is -2.05. The lowest BCUT2D eigenvalue weighted by Crippen LogP contribution is -2.16. The molecule has 0 heterocycles. The average molecular weight is 115 g/mol. The number of aliphatic hydroxyl groups is 1. The van der Waals surface area contributed by atoms with Crippen LogP contribution in [-0.4, -0.2) is 16.9 Å². The molecule has 2 N–H and O–H groups in total. The second-order valence-electron chi connectivity index (χ2n) is 1.80. The third-order valence-electron chi connectivity index (χ3n) is 1.17. The van der Waals surface area contributed by atoms with Crippen molar-refractivity contribution in [1.29, 1.82) is 5.41 Å². The third kappa shape index (κ3) is 2.07. The summed E-state index contributed by atoms with van der Waals surface area (Å²) in [5.74, 6) is 0. The molecule has 0 saturated carbocycles. The number of hydrogen-bond donors (Lipinski definition) is 2. The van der Waals surface area contributed by atoms with Gasteiger partial charge in [-0.2, -0.15) is 0 Å². The van der Waals surface area contributed by atoms with Gasteiger partial charge < -0.3 is 10.5 Å². The summed E-state index contributed by atoms with van der Waals surface area (Å²) in [5.41, 5.74) is 0.438. The van der Waals surface area contributed by atoms with Gasteiger partial charge in [-0.3, -0.25) is 0 Å². The first-order valence-electron chi connectivity index (χ1n) is 2.97. The molecule has 0 aromatic rings. The molecule has 0 saturated heterocycles. The molecule has 0 bridgehead atoms. The molecular formula is C6H13NO. The van der Waals surface area contributed by atoms with Gasteiger partial charge in [-0.15, -0.1) is 0 Å². The van der Waals surface area contributed by atoms with Crippen molar-refractivity contribution < 1.29 is 5.11 Å². The molecule has 2 nitrogen and oxygen atoms in total. The molecule has 1 unspecified atom stereocenters. The summed E-state index contributed by atoms with van der Waals surface area (Å²) in [4.78, 5) is 0. The summed E-state index contributed by atoms with van der Waals surface area (Å²) >= 11 is 0. The predicted molar refractivity (Wildman–Crippen MR) is 34.3 cm³/mol. The van der Waals surface area contributed by atoms with Gasteiger partial charge in [0.05, 0.1) is 6.10 Å². The molecule has 48 valence electrons. The predicted octanol–water partition coefficient (Wildman–Crippen LogP) is 1.19. The Labute approximate surface area is 50.0 Å². The van der Waals surface area contributed by atoms with Gasteiger partial charge >= 0.3 is 0 Å². The van der Waals surface area contributed by atoms with E-state index in [0.717, 1.165) is 0 Å². The Balaban J connectivity index is 3.46. The summed E-state index contributed by atoms with van der Waals surface area (Å²) in [6.45, 7) is 3.75. The molecule has 0 rings (SSSR count). The maximum atomic E-state index is 8.90. The zero-order chi connectivity index (χ0) is 6.57. The van der Waals surface area contributed by atoms with Crippen molar-refractivity contribution in [3.05, 3.63) is 0 Å². The molecule has 0 aliphatic carbocycles. The van der Waals surface area contributed by atoms with E-state index >= 15 is 0 Å². The maximum absolute atomic E-state index is 8.90. The molecule has 0 spiro atoms. The molecule has 1 atom stereocenters. The highest BCUT2D eigenvalue weighted by Crippen LogP contribution is 1.94. The lowest BCUT2D eigenvalue weighted by atomic mass is 10.1. The molecule has 0 amide bonds. The fourth-order valence-corrected chi connectivity index (χ4v) is 0.482. The van der Waals surface area contributed by atoms with E-state index in [9.17, 15) is 0 Å². The minimum atomic E-state index is -0.500. The van der Waals surface area contributed by atoms with Crippen LogP contribution in [0.4, 0.5) is 0 Å². The van der Waals surface area contributed by atoms with Crippen molar-refractivity contribution in [2.24, 2.45) is 0 Å². The van der Waals surface area contributed by atoms with Crippen LogP contribution >= 0.6 is 0 Å². The summed E-state index contributed by atoms with van der Waals surface area (Å²) in [6, 6.07) is 0. The second-order valence-corrected chi connectivity index (χ2v) is 1.80. The number of nitrogens with one attached hydrogen (secondary N) is 1. The zero-order valence-electron chi connectivity index (χ0n) is 5.44. The standard InChI is InChI=1S/C6H13NO/c1-3-5(7)6(8)4-2/h6-8H,3-4H2,1-2H3. The molecule has 0 fully saturated rings. The van der Waals surface area contributed by atoms with E-state index in [1.165, 1.54) is 0 Å². The Bertz CT molecular complexity index is 80.6. The molecule has 0 radical (unpaired) electrons. The number of rotatable bonds is 3. The van der Waals surface area contributed by atoms with E-state index in [-0.39, 0.29) is 0 Å². The van der Waals surface area contributed by atoms with Crippen LogP contribution in [0.25, 0.3) is 0 Å². The Morgan fingerprint density at radius 1 is 1.62 bits per heavy atom. The van der Waals surface area contributed by atoms with Gasteiger partial charge in [-0.25, -0.2) is 0 Å². The van der Waals surface area contributed by atoms with Crippen LogP contribution in [0.2, 0.25) is 0 Å². The Morgan fingerprint density at radius 2 is 2.12 bits per heavy atom. The summed E-state index contributed by atoms with van der Waals surface area (Å²) in [6.07, 6.45) is 0.821. The highest BCUT2D eigenvalue weighted by atomic mass is 16.3. The van der Waals surface area contributed by atoms with Crippen LogP contribution < -0.4 is 0 Å². The van der Waals surface area contributed by atoms with E-state index in [1.54, 1.807) is 0 Å². The van der Waals surface area contributed by atoms with Crippen LogP contribution in [-0.2, 0) is 0 Å². The quantitative estimate of drug-likeness (QED) is 0.533. The molecule has 0 aliphatic rings. The van der Waals surface area contributed by atoms with Gasteiger partial charge in [0, 0.05) is 5.71 Å². The molecule has 8 heavy (non-hydrogen) atoms. The van der Waals surface area contributed by atoms with Crippen molar-refractivity contribution in [2.75, 3.05) is 0 Å². The van der Waals surface area contributed by atoms with Crippen LogP contribution in [0.1, 0.15) is 26.7 Å². The van der Waals surface area contributed by atoms with Gasteiger partial charge in [-0.1, -0.05) is 13.8 Å². The number of aliphatic hydroxyl groups excluding tert-OH is 1. The first-order valence-corrected chi connectivity index (χ1v) is 2.97. The Morgan fingerprint density at radius 3 is 2.25 bits per heavy atom. The van der Waals surface area contributed by atoms with E-state index in [4.69, 9.17) is 10.5 Å². The van der Waals surface area contributed by atoms with Gasteiger partial charge in [-0.05, 0) is 12.8 Å². The van der Waals surface area contributed by atoms with Crippen LogP contribution in [0.5, 0.6) is 0 Å². The van der Waals surface area contributed by atoms with Crippen LogP contribution in [0, 0.1) is 5.41 Å². The van der Waals surface area contributed by atoms with Gasteiger partial charge in [0.25, 0.3) is 0 Å². The minimum absolute atomic E-state index is 0.438. The molecule has 0 aromatic heterocycles. The topological polar surface area (TPSA) is 44.1 Å². The van der Waals surface area contributed by atoms with Crippen molar-refractivity contribution in [3.8, 4) is 0 Å². The Hall–Kier alpha value is -0.370. The highest BCUT2D eigenvalue weighted by molar-refractivity contribution is 5.85. The minimum Gasteiger partial charge on any atom is -0.387 e. The number of hydrogen-bond acceptors (Lipinski definition) is 2. The lowest BCUT2D eigenvalue weighted by molar-refractivity contribution is 0.234. The second kappa shape index (κ2) is 3.61. The average Bonchev–Trinajstić information content (AvgIpc) is 1.84. The largest absolute Gasteiger partial charge is 0.387 e. The van der Waals surface area contributed by atoms with Gasteiger partial charge in [0.15, 0.2) is 0 Å². The highest BCUT2D eigenvalue weighted by Gasteiger charge is 2.03. The summed E-state index contributed by atoms with van der Waals surface area (Å²) < 4.78 is 0. The van der Waals surface area contributed by atoms with Gasteiger partial charge in [0.1, 0.15) is 0 Å². The van der Waals surface area contributed by atoms with Crippen molar-refractivity contribution >= 4 is 5.71 Å². The monoisotopic (exact) mass is 115 g/mol. The van der Waals surface area contributed by atoms with E-state index in [2.05, 4.69) is 0 Å². The molecule has 0 aliphatic heterocycles. The van der Waals surface area contributed by atoms with Crippen LogP contribution in [0.3, 0.4) is 0 Å². The van der Waals surface area contributed by atoms with E-state index < -0.39 is 6.10 Å².